The second-order valence-corrected chi connectivity index (χ2v) is 7.04. The molecule has 5 nitrogen and oxygen atoms in total. The number of ketones is 3. The van der Waals surface area contributed by atoms with Crippen molar-refractivity contribution < 1.29 is 23.9 Å². The molecule has 138 valence electrons. The number of benzene rings is 2. The molecule has 2 aromatic carbocycles. The van der Waals surface area contributed by atoms with Gasteiger partial charge in [0.1, 0.15) is 5.92 Å². The first-order valence-electron chi connectivity index (χ1n) is 9.13. The van der Waals surface area contributed by atoms with E-state index in [9.17, 15) is 14.4 Å². The fraction of sp³-hybridized carbons (Fsp3) is 0.318. The molecule has 0 bridgehead atoms. The molecule has 2 aliphatic rings. The van der Waals surface area contributed by atoms with Gasteiger partial charge in [0, 0.05) is 19.3 Å². The van der Waals surface area contributed by atoms with E-state index in [-0.39, 0.29) is 49.3 Å². The van der Waals surface area contributed by atoms with Gasteiger partial charge in [-0.2, -0.15) is 0 Å². The molecule has 0 aromatic heterocycles. The van der Waals surface area contributed by atoms with Crippen molar-refractivity contribution in [2.45, 2.75) is 31.6 Å². The molecular formula is C22H20O5. The number of fused-ring (bicyclic) bond motifs is 1. The van der Waals surface area contributed by atoms with Crippen LogP contribution >= 0.6 is 0 Å². The molecule has 1 saturated carbocycles. The van der Waals surface area contributed by atoms with E-state index in [0.29, 0.717) is 17.9 Å². The van der Waals surface area contributed by atoms with Crippen molar-refractivity contribution in [3.63, 3.8) is 0 Å². The normalized spacial score (nSPS) is 21.3. The van der Waals surface area contributed by atoms with Crippen LogP contribution < -0.4 is 9.47 Å². The van der Waals surface area contributed by atoms with Gasteiger partial charge >= 0.3 is 0 Å². The van der Waals surface area contributed by atoms with Crippen LogP contribution in [0, 0.1) is 5.92 Å². The van der Waals surface area contributed by atoms with E-state index in [1.807, 2.05) is 48.5 Å². The highest BCUT2D eigenvalue weighted by Crippen LogP contribution is 2.34. The third kappa shape index (κ3) is 3.63. The molecule has 27 heavy (non-hydrogen) atoms. The summed E-state index contributed by atoms with van der Waals surface area (Å²) >= 11 is 0. The van der Waals surface area contributed by atoms with Crippen LogP contribution in [0.5, 0.6) is 11.5 Å². The Morgan fingerprint density at radius 3 is 2.37 bits per heavy atom. The van der Waals surface area contributed by atoms with Crippen molar-refractivity contribution in [1.29, 1.82) is 0 Å². The Bertz CT molecular complexity index is 869. The maximum Gasteiger partial charge on any atom is 0.231 e. The second kappa shape index (κ2) is 7.35. The molecule has 0 radical (unpaired) electrons. The lowest BCUT2D eigenvalue weighted by Crippen LogP contribution is -2.38. The average Bonchev–Trinajstić information content (AvgIpc) is 3.14. The van der Waals surface area contributed by atoms with Gasteiger partial charge in [0.25, 0.3) is 0 Å². The van der Waals surface area contributed by atoms with Crippen molar-refractivity contribution in [3.8, 4) is 11.5 Å². The number of aryl methyl sites for hydroxylation is 1. The van der Waals surface area contributed by atoms with Crippen LogP contribution in [0.15, 0.2) is 48.5 Å². The maximum absolute atomic E-state index is 12.6. The predicted octanol–water partition coefficient (Wildman–Crippen LogP) is 3.25. The molecule has 1 fully saturated rings. The SMILES string of the molecule is O=C(CCc1ccc2c(c1)OCO2)C1C(=O)CC(c2ccccc2)CC1=O. The number of carbonyl (C=O) groups excluding carboxylic acids is 3. The van der Waals surface area contributed by atoms with E-state index >= 15 is 0 Å². The van der Waals surface area contributed by atoms with Gasteiger partial charge < -0.3 is 9.47 Å². The smallest absolute Gasteiger partial charge is 0.231 e. The van der Waals surface area contributed by atoms with Crippen LogP contribution in [0.4, 0.5) is 0 Å². The zero-order valence-electron chi connectivity index (χ0n) is 14.9. The summed E-state index contributed by atoms with van der Waals surface area (Å²) in [4.78, 5) is 37.6. The van der Waals surface area contributed by atoms with Gasteiger partial charge in [0.05, 0.1) is 0 Å². The zero-order chi connectivity index (χ0) is 18.8. The van der Waals surface area contributed by atoms with E-state index < -0.39 is 5.92 Å². The number of ether oxygens (including phenoxy) is 2. The van der Waals surface area contributed by atoms with Crippen molar-refractivity contribution in [3.05, 3.63) is 59.7 Å². The predicted molar refractivity (Wildman–Crippen MR) is 97.8 cm³/mol. The first-order chi connectivity index (χ1) is 13.1. The van der Waals surface area contributed by atoms with Gasteiger partial charge in [-0.25, -0.2) is 0 Å². The van der Waals surface area contributed by atoms with Crippen LogP contribution in [0.25, 0.3) is 0 Å². The van der Waals surface area contributed by atoms with Gasteiger partial charge in [-0.15, -0.1) is 0 Å². The van der Waals surface area contributed by atoms with Crippen LogP contribution in [0.1, 0.15) is 36.3 Å². The highest BCUT2D eigenvalue weighted by Gasteiger charge is 2.39. The molecule has 0 saturated heterocycles. The van der Waals surface area contributed by atoms with E-state index in [1.54, 1.807) is 0 Å². The summed E-state index contributed by atoms with van der Waals surface area (Å²) < 4.78 is 10.6. The minimum Gasteiger partial charge on any atom is -0.454 e. The fourth-order valence-corrected chi connectivity index (χ4v) is 3.80. The van der Waals surface area contributed by atoms with Crippen LogP contribution in [0.3, 0.4) is 0 Å². The Hall–Kier alpha value is -2.95. The highest BCUT2D eigenvalue weighted by molar-refractivity contribution is 6.21. The monoisotopic (exact) mass is 364 g/mol. The number of hydrogen-bond donors (Lipinski definition) is 0. The lowest BCUT2D eigenvalue weighted by atomic mass is 9.74. The second-order valence-electron chi connectivity index (χ2n) is 7.04. The van der Waals surface area contributed by atoms with Crippen molar-refractivity contribution >= 4 is 17.3 Å². The Labute approximate surface area is 157 Å². The lowest BCUT2D eigenvalue weighted by molar-refractivity contribution is -0.142. The molecule has 5 heteroatoms. The number of Topliss-reactive ketones (excluding diaryl/α,β-unsaturated/α-hetero) is 3. The molecule has 0 atom stereocenters. The molecule has 1 aliphatic heterocycles. The van der Waals surface area contributed by atoms with Gasteiger partial charge in [0.2, 0.25) is 6.79 Å². The number of rotatable bonds is 5. The summed E-state index contributed by atoms with van der Waals surface area (Å²) in [7, 11) is 0. The summed E-state index contributed by atoms with van der Waals surface area (Å²) in [5.41, 5.74) is 1.90. The first kappa shape index (κ1) is 17.5. The molecule has 2 aromatic rings. The summed E-state index contributed by atoms with van der Waals surface area (Å²) in [5.74, 6) is -0.658. The number of carbonyl (C=O) groups is 3. The summed E-state index contributed by atoms with van der Waals surface area (Å²) in [5, 5.41) is 0. The van der Waals surface area contributed by atoms with E-state index in [1.165, 1.54) is 0 Å². The van der Waals surface area contributed by atoms with Crippen molar-refractivity contribution in [2.75, 3.05) is 6.79 Å². The summed E-state index contributed by atoms with van der Waals surface area (Å²) in [6, 6.07) is 15.1. The molecule has 1 aliphatic carbocycles. The first-order valence-corrected chi connectivity index (χ1v) is 9.13. The minimum absolute atomic E-state index is 0.121. The Balaban J connectivity index is 1.39. The third-order valence-corrected chi connectivity index (χ3v) is 5.23. The molecule has 0 amide bonds. The largest absolute Gasteiger partial charge is 0.454 e. The summed E-state index contributed by atoms with van der Waals surface area (Å²) in [6.07, 6.45) is 1.12. The van der Waals surface area contributed by atoms with E-state index in [0.717, 1.165) is 11.1 Å². The molecule has 0 spiro atoms. The maximum atomic E-state index is 12.6. The molecule has 0 N–H and O–H groups in total. The highest BCUT2D eigenvalue weighted by atomic mass is 16.7. The van der Waals surface area contributed by atoms with Gasteiger partial charge in [-0.3, -0.25) is 14.4 Å². The third-order valence-electron chi connectivity index (χ3n) is 5.23. The standard InChI is InChI=1S/C22H20O5/c23-17(8-6-14-7-9-20-21(10-14)27-13-26-20)22-18(24)11-16(12-19(22)25)15-4-2-1-3-5-15/h1-5,7,9-10,16,22H,6,8,11-13H2. The Morgan fingerprint density at radius 1 is 0.926 bits per heavy atom. The van der Waals surface area contributed by atoms with Crippen LogP contribution in [-0.2, 0) is 20.8 Å². The van der Waals surface area contributed by atoms with E-state index in [4.69, 9.17) is 9.47 Å². The van der Waals surface area contributed by atoms with Gasteiger partial charge in [0.15, 0.2) is 28.8 Å². The Morgan fingerprint density at radius 2 is 1.63 bits per heavy atom. The van der Waals surface area contributed by atoms with Crippen LogP contribution in [-0.4, -0.2) is 24.1 Å². The molecular weight excluding hydrogens is 344 g/mol. The zero-order valence-corrected chi connectivity index (χ0v) is 14.9. The Kier molecular flexibility index (Phi) is 4.75. The average molecular weight is 364 g/mol. The van der Waals surface area contributed by atoms with E-state index in [2.05, 4.69) is 0 Å². The van der Waals surface area contributed by atoms with Gasteiger partial charge in [-0.1, -0.05) is 36.4 Å². The molecule has 0 unspecified atom stereocenters. The van der Waals surface area contributed by atoms with Gasteiger partial charge in [-0.05, 0) is 35.6 Å². The topological polar surface area (TPSA) is 69.7 Å². The quantitative estimate of drug-likeness (QED) is 0.762. The van der Waals surface area contributed by atoms with Crippen LogP contribution in [0.2, 0.25) is 0 Å². The molecule has 1 heterocycles. The fourth-order valence-electron chi connectivity index (χ4n) is 3.80. The molecule has 4 rings (SSSR count). The van der Waals surface area contributed by atoms with Crippen molar-refractivity contribution in [2.24, 2.45) is 5.92 Å². The minimum atomic E-state index is -1.10. The van der Waals surface area contributed by atoms with Crippen molar-refractivity contribution in [1.82, 2.24) is 0 Å². The number of hydrogen-bond acceptors (Lipinski definition) is 5. The lowest BCUT2D eigenvalue weighted by Gasteiger charge is -2.26. The summed E-state index contributed by atoms with van der Waals surface area (Å²) in [6.45, 7) is 0.200.